The predicted octanol–water partition coefficient (Wildman–Crippen LogP) is -4.52. The molecule has 0 aromatic rings. The van der Waals surface area contributed by atoms with E-state index in [0.29, 0.717) is 25.7 Å². The van der Waals surface area contributed by atoms with Gasteiger partial charge in [-0.15, -0.1) is 6.58 Å². The van der Waals surface area contributed by atoms with E-state index in [4.69, 9.17) is 18.9 Å². The second-order valence-corrected chi connectivity index (χ2v) is 12.2. The van der Waals surface area contributed by atoms with Crippen molar-refractivity contribution in [3.8, 4) is 0 Å². The quantitative estimate of drug-likeness (QED) is 0.0410. The minimum atomic E-state index is -1.78. The molecular formula is C32H51NaO14. The number of carboxylic acid groups (broad SMARTS) is 1. The Morgan fingerprint density at radius 2 is 1.45 bits per heavy atom. The molecule has 264 valence electrons. The molecule has 2 saturated heterocycles. The van der Waals surface area contributed by atoms with Crippen LogP contribution in [0, 0.1) is 0 Å². The van der Waals surface area contributed by atoms with Crippen molar-refractivity contribution in [1.29, 1.82) is 0 Å². The zero-order valence-electron chi connectivity index (χ0n) is 27.8. The molecule has 2 heterocycles. The maximum absolute atomic E-state index is 10.9. The van der Waals surface area contributed by atoms with Crippen LogP contribution in [0.4, 0.5) is 0 Å². The smallest absolute Gasteiger partial charge is 0.545 e. The molecule has 0 aliphatic carbocycles. The fourth-order valence-corrected chi connectivity index (χ4v) is 5.19. The molecule has 0 amide bonds. The molecule has 47 heavy (non-hydrogen) atoms. The van der Waals surface area contributed by atoms with Gasteiger partial charge in [-0.3, -0.25) is 0 Å². The van der Waals surface area contributed by atoms with E-state index in [-0.39, 0.29) is 35.1 Å². The molecule has 2 rings (SSSR count). The minimum Gasteiger partial charge on any atom is -0.545 e. The second kappa shape index (κ2) is 20.6. The van der Waals surface area contributed by atoms with E-state index in [9.17, 15) is 50.8 Å². The summed E-state index contributed by atoms with van der Waals surface area (Å²) in [6.07, 6.45) is -6.97. The molecule has 14 nitrogen and oxygen atoms in total. The van der Waals surface area contributed by atoms with Crippen LogP contribution in [0.2, 0.25) is 0 Å². The van der Waals surface area contributed by atoms with Crippen LogP contribution in [0.5, 0.6) is 0 Å². The van der Waals surface area contributed by atoms with Crippen LogP contribution in [0.25, 0.3) is 0 Å². The third kappa shape index (κ3) is 13.0. The second-order valence-electron chi connectivity index (χ2n) is 12.2. The average molecular weight is 683 g/mol. The van der Waals surface area contributed by atoms with Crippen molar-refractivity contribution in [2.24, 2.45) is 0 Å². The van der Waals surface area contributed by atoms with Gasteiger partial charge in [0, 0.05) is 0 Å². The third-order valence-corrected chi connectivity index (χ3v) is 8.24. The van der Waals surface area contributed by atoms with Gasteiger partial charge in [0.1, 0.15) is 48.8 Å². The number of aliphatic hydroxyl groups excluding tert-OH is 8. The first-order valence-corrected chi connectivity index (χ1v) is 15.4. The molecule has 0 saturated carbocycles. The van der Waals surface area contributed by atoms with Crippen molar-refractivity contribution < 1.29 is 99.3 Å². The van der Waals surface area contributed by atoms with E-state index in [1.165, 1.54) is 19.1 Å². The Balaban J connectivity index is 0.0000110. The van der Waals surface area contributed by atoms with E-state index in [1.54, 1.807) is 6.92 Å². The molecule has 2 aliphatic rings. The number of aliphatic hydroxyl groups is 8. The molecule has 15 heteroatoms. The summed E-state index contributed by atoms with van der Waals surface area (Å²) in [5.41, 5.74) is 0.907. The predicted molar refractivity (Wildman–Crippen MR) is 161 cm³/mol. The molecule has 0 radical (unpaired) electrons. The van der Waals surface area contributed by atoms with Gasteiger partial charge in [0.25, 0.3) is 0 Å². The summed E-state index contributed by atoms with van der Waals surface area (Å²) in [4.78, 5) is 10.8. The number of carbonyl (C=O) groups is 1. The van der Waals surface area contributed by atoms with Crippen molar-refractivity contribution in [2.75, 3.05) is 13.2 Å². The van der Waals surface area contributed by atoms with E-state index >= 15 is 0 Å². The van der Waals surface area contributed by atoms with E-state index in [2.05, 4.69) is 6.58 Å². The van der Waals surface area contributed by atoms with Gasteiger partial charge in [0.05, 0.1) is 30.9 Å². The fraction of sp³-hybridized carbons (Fsp3) is 0.719. The maximum Gasteiger partial charge on any atom is 1.00 e. The zero-order chi connectivity index (χ0) is 34.8. The van der Waals surface area contributed by atoms with Gasteiger partial charge in [0.2, 0.25) is 0 Å². The molecule has 0 aromatic heterocycles. The number of rotatable bonds is 17. The number of ether oxygens (including phenoxy) is 4. The van der Waals surface area contributed by atoms with Gasteiger partial charge in [-0.25, -0.2) is 0 Å². The molecule has 12 atom stereocenters. The Kier molecular flexibility index (Phi) is 19.3. The maximum atomic E-state index is 10.9. The van der Waals surface area contributed by atoms with E-state index < -0.39 is 92.3 Å². The zero-order valence-corrected chi connectivity index (χ0v) is 29.8. The standard InChI is InChI=1S/C32H52O14.Na/c1-6-32(5,12-8-11-17(2)9-7-10-18(3)13-20(35)14-19(4)29(41)42)46-31-28(26(39)24(37)22(16-34)44-31)45-30-27(40)25(38)23(36)21(15-33)43-30;/h6,10-11,14,20-28,30-31,33-40H,1,7-9,12-13,15-16H2,2-5H3,(H,41,42);/q;+1/p-1/b17-11+,18-10+,19-14+;/t20?,21-,22-,23-,24-,25+,26+,27-,28-,30+,31+,32-;/m1./s1. The summed E-state index contributed by atoms with van der Waals surface area (Å²) in [6.45, 7) is 9.41. The number of hydrogen-bond acceptors (Lipinski definition) is 14. The van der Waals surface area contributed by atoms with Crippen molar-refractivity contribution >= 4 is 5.97 Å². The number of allylic oxidation sites excluding steroid dienone is 3. The first-order valence-electron chi connectivity index (χ1n) is 15.4. The number of carbonyl (C=O) groups excluding carboxylic acids is 1. The molecule has 2 fully saturated rings. The van der Waals surface area contributed by atoms with Crippen LogP contribution in [-0.2, 0) is 23.7 Å². The van der Waals surface area contributed by atoms with Gasteiger partial charge in [-0.2, -0.15) is 0 Å². The fourth-order valence-electron chi connectivity index (χ4n) is 5.19. The normalized spacial score (nSPS) is 34.3. The van der Waals surface area contributed by atoms with Crippen LogP contribution in [0.3, 0.4) is 0 Å². The van der Waals surface area contributed by atoms with Crippen molar-refractivity contribution in [1.82, 2.24) is 0 Å². The van der Waals surface area contributed by atoms with Crippen LogP contribution in [0.15, 0.2) is 47.6 Å². The summed E-state index contributed by atoms with van der Waals surface area (Å²) < 4.78 is 23.1. The van der Waals surface area contributed by atoms with Gasteiger partial charge in [-0.1, -0.05) is 35.5 Å². The summed E-state index contributed by atoms with van der Waals surface area (Å²) >= 11 is 0. The monoisotopic (exact) mass is 682 g/mol. The van der Waals surface area contributed by atoms with E-state index in [1.807, 2.05) is 26.0 Å². The average Bonchev–Trinajstić information content (AvgIpc) is 3.00. The van der Waals surface area contributed by atoms with Crippen molar-refractivity contribution in [2.45, 2.75) is 133 Å². The summed E-state index contributed by atoms with van der Waals surface area (Å²) in [6, 6.07) is 0. The molecular weight excluding hydrogens is 631 g/mol. The summed E-state index contributed by atoms with van der Waals surface area (Å²) in [7, 11) is 0. The summed E-state index contributed by atoms with van der Waals surface area (Å²) in [5, 5.41) is 92.2. The molecule has 0 aromatic carbocycles. The van der Waals surface area contributed by atoms with Crippen LogP contribution in [-0.4, -0.2) is 133 Å². The SMILES string of the molecule is C=C[C@](C)(CC/C=C(\C)CC/C=C(\C)CC(O)/C=C(\C)C(=O)[O-])O[C@@H]1O[C@H](CO)[C@@H](O)[C@H](O)[C@H]1O[C@@H]1O[C@H](CO)[C@@H](O)[C@H](O)[C@H]1O.[Na+]. The largest absolute Gasteiger partial charge is 1.00 e. The Morgan fingerprint density at radius 3 is 2.00 bits per heavy atom. The van der Waals surface area contributed by atoms with Crippen molar-refractivity contribution in [3.05, 3.63) is 47.6 Å². The van der Waals surface area contributed by atoms with Crippen molar-refractivity contribution in [3.63, 3.8) is 0 Å². The first kappa shape index (κ1) is 44.0. The number of aliphatic carboxylic acids is 1. The molecule has 1 unspecified atom stereocenters. The first-order chi connectivity index (χ1) is 21.6. The topological polar surface area (TPSA) is 239 Å². The van der Waals surface area contributed by atoms with Gasteiger partial charge in [0.15, 0.2) is 12.6 Å². The molecule has 0 bridgehead atoms. The number of hydrogen-bond donors (Lipinski definition) is 8. The third-order valence-electron chi connectivity index (χ3n) is 8.24. The molecule has 8 N–H and O–H groups in total. The van der Waals surface area contributed by atoms with E-state index in [0.717, 1.165) is 17.6 Å². The van der Waals surface area contributed by atoms with Crippen LogP contribution >= 0.6 is 0 Å². The Bertz CT molecular complexity index is 1080. The van der Waals surface area contributed by atoms with Crippen LogP contribution < -0.4 is 34.7 Å². The number of carboxylic acids is 1. The van der Waals surface area contributed by atoms with Gasteiger partial charge < -0.3 is 69.7 Å². The van der Waals surface area contributed by atoms with Crippen LogP contribution in [0.1, 0.15) is 59.8 Å². The molecule has 0 spiro atoms. The minimum absolute atomic E-state index is 0. The Morgan fingerprint density at radius 1 is 0.894 bits per heavy atom. The Hall–Kier alpha value is -1.05. The van der Waals surface area contributed by atoms with Gasteiger partial charge >= 0.3 is 29.6 Å². The molecule has 2 aliphatic heterocycles. The summed E-state index contributed by atoms with van der Waals surface area (Å²) in [5.74, 6) is -1.32. The Labute approximate surface area is 297 Å². The van der Waals surface area contributed by atoms with Gasteiger partial charge in [-0.05, 0) is 65.4 Å².